The molecular weight excluding hydrogens is 404 g/mol. The second kappa shape index (κ2) is 8.36. The Hall–Kier alpha value is -3.05. The van der Waals surface area contributed by atoms with Gasteiger partial charge >= 0.3 is 0 Å². The van der Waals surface area contributed by atoms with E-state index in [-0.39, 0.29) is 5.03 Å². The molecule has 0 saturated carbocycles. The van der Waals surface area contributed by atoms with Crippen LogP contribution in [0.1, 0.15) is 12.7 Å². The number of rotatable bonds is 6. The van der Waals surface area contributed by atoms with E-state index >= 15 is 0 Å². The Morgan fingerprint density at radius 2 is 1.77 bits per heavy atom. The molecule has 10 nitrogen and oxygen atoms in total. The number of hydrogen-bond acceptors (Lipinski definition) is 8. The number of piperazine rings is 1. The average molecular weight is 429 g/mol. The van der Waals surface area contributed by atoms with Gasteiger partial charge in [-0.3, -0.25) is 4.98 Å². The third-order valence-corrected chi connectivity index (χ3v) is 6.83. The second-order valence-electron chi connectivity index (χ2n) is 6.94. The highest BCUT2D eigenvalue weighted by atomic mass is 32.2. The van der Waals surface area contributed by atoms with E-state index in [0.717, 1.165) is 11.5 Å². The summed E-state index contributed by atoms with van der Waals surface area (Å²) in [6.45, 7) is 6.29. The number of sulfonamides is 1. The van der Waals surface area contributed by atoms with Crippen molar-refractivity contribution in [1.29, 1.82) is 0 Å². The lowest BCUT2D eigenvalue weighted by Crippen LogP contribution is -2.49. The van der Waals surface area contributed by atoms with Gasteiger partial charge in [0.1, 0.15) is 5.82 Å². The smallest absolute Gasteiger partial charge is 0.262 e. The molecule has 0 aliphatic carbocycles. The topological polar surface area (TPSA) is 109 Å². The number of aromatic nitrogens is 5. The standard InChI is InChI=1S/C19H24N8O2S/c1-3-25-14-19(21-15(25)2)30(28,29)27-12-10-26(11-13-27)18-5-4-17(23-24-18)22-16-6-8-20-9-7-16/h4-9,14H,3,10-13H2,1-2H3,(H,20,22,23). The number of anilines is 3. The summed E-state index contributed by atoms with van der Waals surface area (Å²) in [5, 5.41) is 11.8. The third-order valence-electron chi connectivity index (χ3n) is 5.06. The average Bonchev–Trinajstić information content (AvgIpc) is 3.17. The van der Waals surface area contributed by atoms with Crippen molar-refractivity contribution in [2.75, 3.05) is 36.4 Å². The molecule has 30 heavy (non-hydrogen) atoms. The first-order valence-electron chi connectivity index (χ1n) is 9.77. The molecule has 158 valence electrons. The normalized spacial score (nSPS) is 15.3. The van der Waals surface area contributed by atoms with Gasteiger partial charge in [0.25, 0.3) is 10.0 Å². The predicted octanol–water partition coefficient (Wildman–Crippen LogP) is 1.65. The lowest BCUT2D eigenvalue weighted by molar-refractivity contribution is 0.382. The van der Waals surface area contributed by atoms with Gasteiger partial charge in [0.05, 0.1) is 0 Å². The number of hydrogen-bond donors (Lipinski definition) is 1. The molecule has 1 fully saturated rings. The van der Waals surface area contributed by atoms with Gasteiger partial charge in [-0.15, -0.1) is 10.2 Å². The van der Waals surface area contributed by atoms with Crippen LogP contribution in [0, 0.1) is 6.92 Å². The Kier molecular flexibility index (Phi) is 5.64. The fourth-order valence-electron chi connectivity index (χ4n) is 3.36. The minimum atomic E-state index is -3.60. The van der Waals surface area contributed by atoms with Crippen LogP contribution in [0.3, 0.4) is 0 Å². The van der Waals surface area contributed by atoms with Crippen LogP contribution in [-0.2, 0) is 16.6 Å². The number of aryl methyl sites for hydroxylation is 2. The highest BCUT2D eigenvalue weighted by Crippen LogP contribution is 2.21. The van der Waals surface area contributed by atoms with Crippen LogP contribution in [0.25, 0.3) is 0 Å². The van der Waals surface area contributed by atoms with Crippen molar-refractivity contribution in [2.24, 2.45) is 0 Å². The number of pyridine rings is 1. The monoisotopic (exact) mass is 428 g/mol. The molecule has 0 spiro atoms. The van der Waals surface area contributed by atoms with E-state index in [1.165, 1.54) is 4.31 Å². The summed E-state index contributed by atoms with van der Waals surface area (Å²) in [4.78, 5) is 10.2. The number of nitrogens with one attached hydrogen (secondary N) is 1. The maximum atomic E-state index is 12.9. The molecule has 4 heterocycles. The molecule has 0 unspecified atom stereocenters. The maximum absolute atomic E-state index is 12.9. The van der Waals surface area contributed by atoms with Gasteiger partial charge in [-0.25, -0.2) is 13.4 Å². The molecule has 4 rings (SSSR count). The molecular formula is C19H24N8O2S. The fraction of sp³-hybridized carbons (Fsp3) is 0.368. The molecule has 0 aromatic carbocycles. The van der Waals surface area contributed by atoms with E-state index < -0.39 is 10.0 Å². The van der Waals surface area contributed by atoms with Gasteiger partial charge in [0.15, 0.2) is 16.7 Å². The van der Waals surface area contributed by atoms with E-state index in [4.69, 9.17) is 0 Å². The summed E-state index contributed by atoms with van der Waals surface area (Å²) in [5.74, 6) is 2.05. The van der Waals surface area contributed by atoms with E-state index in [9.17, 15) is 8.42 Å². The zero-order valence-corrected chi connectivity index (χ0v) is 17.7. The van der Waals surface area contributed by atoms with Crippen molar-refractivity contribution in [1.82, 2.24) is 29.0 Å². The Labute approximate surface area is 175 Å². The predicted molar refractivity (Wildman–Crippen MR) is 113 cm³/mol. The van der Waals surface area contributed by atoms with Crippen LogP contribution in [0.4, 0.5) is 17.3 Å². The van der Waals surface area contributed by atoms with Gasteiger partial charge in [-0.2, -0.15) is 4.31 Å². The largest absolute Gasteiger partial charge is 0.352 e. The van der Waals surface area contributed by atoms with Crippen LogP contribution < -0.4 is 10.2 Å². The second-order valence-corrected chi connectivity index (χ2v) is 8.83. The quantitative estimate of drug-likeness (QED) is 0.631. The Morgan fingerprint density at radius 3 is 2.37 bits per heavy atom. The maximum Gasteiger partial charge on any atom is 0.262 e. The van der Waals surface area contributed by atoms with Gasteiger partial charge in [0.2, 0.25) is 0 Å². The zero-order chi connectivity index (χ0) is 21.1. The summed E-state index contributed by atoms with van der Waals surface area (Å²) in [7, 11) is -3.60. The van der Waals surface area contributed by atoms with E-state index in [0.29, 0.717) is 44.4 Å². The van der Waals surface area contributed by atoms with Crippen LogP contribution in [0.5, 0.6) is 0 Å². The first kappa shape index (κ1) is 20.2. The Bertz CT molecular complexity index is 1090. The summed E-state index contributed by atoms with van der Waals surface area (Å²) in [6.07, 6.45) is 5.01. The molecule has 1 saturated heterocycles. The summed E-state index contributed by atoms with van der Waals surface area (Å²) in [6, 6.07) is 7.43. The van der Waals surface area contributed by atoms with Crippen molar-refractivity contribution >= 4 is 27.3 Å². The Balaban J connectivity index is 1.39. The summed E-state index contributed by atoms with van der Waals surface area (Å²) < 4.78 is 29.2. The number of imidazole rings is 1. The molecule has 1 aliphatic rings. The van der Waals surface area contributed by atoms with E-state index in [1.54, 1.807) is 18.6 Å². The van der Waals surface area contributed by atoms with Gasteiger partial charge in [0, 0.05) is 57.0 Å². The van der Waals surface area contributed by atoms with Gasteiger partial charge in [-0.05, 0) is 38.1 Å². The fourth-order valence-corrected chi connectivity index (χ4v) is 4.77. The highest BCUT2D eigenvalue weighted by Gasteiger charge is 2.31. The molecule has 0 radical (unpaired) electrons. The summed E-state index contributed by atoms with van der Waals surface area (Å²) >= 11 is 0. The van der Waals surface area contributed by atoms with Crippen molar-refractivity contribution in [2.45, 2.75) is 25.4 Å². The molecule has 1 N–H and O–H groups in total. The first-order chi connectivity index (χ1) is 14.5. The van der Waals surface area contributed by atoms with Crippen molar-refractivity contribution in [3.8, 4) is 0 Å². The summed E-state index contributed by atoms with van der Waals surface area (Å²) in [5.41, 5.74) is 0.881. The van der Waals surface area contributed by atoms with Crippen molar-refractivity contribution in [3.63, 3.8) is 0 Å². The SMILES string of the molecule is CCn1cc(S(=O)(=O)N2CCN(c3ccc(Nc4ccncc4)nn3)CC2)nc1C. The Morgan fingerprint density at radius 1 is 1.03 bits per heavy atom. The first-order valence-corrected chi connectivity index (χ1v) is 11.2. The lowest BCUT2D eigenvalue weighted by atomic mass is 10.3. The number of nitrogens with zero attached hydrogens (tertiary/aromatic N) is 7. The third kappa shape index (κ3) is 4.12. The highest BCUT2D eigenvalue weighted by molar-refractivity contribution is 7.89. The molecule has 0 atom stereocenters. The van der Waals surface area contributed by atoms with E-state index in [1.807, 2.05) is 47.6 Å². The minimum Gasteiger partial charge on any atom is -0.352 e. The van der Waals surface area contributed by atoms with Crippen molar-refractivity contribution in [3.05, 3.63) is 48.7 Å². The molecule has 0 bridgehead atoms. The molecule has 3 aromatic heterocycles. The van der Waals surface area contributed by atoms with Crippen LogP contribution in [-0.4, -0.2) is 63.6 Å². The van der Waals surface area contributed by atoms with E-state index in [2.05, 4.69) is 25.5 Å². The van der Waals surface area contributed by atoms with Crippen LogP contribution in [0.15, 0.2) is 47.9 Å². The molecule has 11 heteroatoms. The van der Waals surface area contributed by atoms with Crippen LogP contribution >= 0.6 is 0 Å². The van der Waals surface area contributed by atoms with Gasteiger partial charge < -0.3 is 14.8 Å². The molecule has 1 aliphatic heterocycles. The van der Waals surface area contributed by atoms with Crippen LogP contribution in [0.2, 0.25) is 0 Å². The lowest BCUT2D eigenvalue weighted by Gasteiger charge is -2.34. The van der Waals surface area contributed by atoms with Crippen molar-refractivity contribution < 1.29 is 8.42 Å². The zero-order valence-electron chi connectivity index (χ0n) is 16.9. The minimum absolute atomic E-state index is 0.113. The molecule has 3 aromatic rings. The molecule has 0 amide bonds. The van der Waals surface area contributed by atoms with Gasteiger partial charge in [-0.1, -0.05) is 0 Å².